The van der Waals surface area contributed by atoms with Gasteiger partial charge in [0.15, 0.2) is 5.65 Å². The van der Waals surface area contributed by atoms with Gasteiger partial charge in [-0.15, -0.1) is 0 Å². The molecule has 0 N–H and O–H groups in total. The maximum atomic E-state index is 12.5. The van der Waals surface area contributed by atoms with Crippen LogP contribution >= 0.6 is 0 Å². The largest absolute Gasteiger partial charge is 0.297 e. The molecule has 0 spiro atoms. The molecule has 3 aromatic rings. The molecule has 27 heavy (non-hydrogen) atoms. The molecule has 0 unspecified atom stereocenters. The molecule has 0 bridgehead atoms. The zero-order valence-electron chi connectivity index (χ0n) is 15.5. The summed E-state index contributed by atoms with van der Waals surface area (Å²) in [6.45, 7) is 4.02. The summed E-state index contributed by atoms with van der Waals surface area (Å²) in [6, 6.07) is 8.83. The molecule has 1 aromatic carbocycles. The minimum atomic E-state index is -3.71. The van der Waals surface area contributed by atoms with Crippen molar-refractivity contribution in [1.82, 2.24) is 14.6 Å². The summed E-state index contributed by atoms with van der Waals surface area (Å²) in [4.78, 5) is 4.44. The Morgan fingerprint density at radius 1 is 1.07 bits per heavy atom. The first-order valence-corrected chi connectivity index (χ1v) is 10.6. The number of aryl methyl sites for hydroxylation is 2. The molecule has 2 heterocycles. The van der Waals surface area contributed by atoms with Gasteiger partial charge < -0.3 is 0 Å². The minimum absolute atomic E-state index is 0.225. The highest BCUT2D eigenvalue weighted by Crippen LogP contribution is 2.36. The van der Waals surface area contributed by atoms with Gasteiger partial charge in [-0.2, -0.15) is 13.5 Å². The van der Waals surface area contributed by atoms with Gasteiger partial charge in [0.05, 0.1) is 11.0 Å². The SMILES string of the molecule is Cc1ccc(S(=O)(=O)OC2CCC(c3cn4ncnc4cc3C)CC2)cc1. The summed E-state index contributed by atoms with van der Waals surface area (Å²) in [7, 11) is -3.71. The average molecular weight is 385 g/mol. The Bertz CT molecular complexity index is 1050. The second kappa shape index (κ2) is 7.05. The van der Waals surface area contributed by atoms with Crippen LogP contribution in [0.1, 0.15) is 48.3 Å². The predicted octanol–water partition coefficient (Wildman–Crippen LogP) is 3.78. The molecule has 0 amide bonds. The fourth-order valence-electron chi connectivity index (χ4n) is 3.81. The van der Waals surface area contributed by atoms with Gasteiger partial charge in [0, 0.05) is 6.20 Å². The fraction of sp³-hybridized carbons (Fsp3) is 0.400. The van der Waals surface area contributed by atoms with Crippen molar-refractivity contribution in [1.29, 1.82) is 0 Å². The van der Waals surface area contributed by atoms with E-state index in [1.165, 1.54) is 11.1 Å². The third-order valence-electron chi connectivity index (χ3n) is 5.35. The van der Waals surface area contributed by atoms with E-state index in [2.05, 4.69) is 17.0 Å². The van der Waals surface area contributed by atoms with Crippen molar-refractivity contribution in [2.75, 3.05) is 0 Å². The van der Waals surface area contributed by atoms with Crippen molar-refractivity contribution < 1.29 is 12.6 Å². The van der Waals surface area contributed by atoms with Gasteiger partial charge in [-0.25, -0.2) is 9.50 Å². The highest BCUT2D eigenvalue weighted by molar-refractivity contribution is 7.86. The molecule has 1 fully saturated rings. The fourth-order valence-corrected chi connectivity index (χ4v) is 4.94. The van der Waals surface area contributed by atoms with Crippen molar-refractivity contribution >= 4 is 15.8 Å². The summed E-state index contributed by atoms with van der Waals surface area (Å²) < 4.78 is 32.3. The highest BCUT2D eigenvalue weighted by atomic mass is 32.2. The first kappa shape index (κ1) is 18.1. The number of nitrogens with zero attached hydrogens (tertiary/aromatic N) is 3. The predicted molar refractivity (Wildman–Crippen MR) is 102 cm³/mol. The zero-order chi connectivity index (χ0) is 19.0. The monoisotopic (exact) mass is 385 g/mol. The van der Waals surface area contributed by atoms with Gasteiger partial charge >= 0.3 is 0 Å². The lowest BCUT2D eigenvalue weighted by Gasteiger charge is -2.29. The number of benzene rings is 1. The van der Waals surface area contributed by atoms with Crippen molar-refractivity contribution in [2.45, 2.75) is 56.4 Å². The highest BCUT2D eigenvalue weighted by Gasteiger charge is 2.28. The molecule has 1 aliphatic rings. The zero-order valence-corrected chi connectivity index (χ0v) is 16.3. The normalized spacial score (nSPS) is 20.8. The van der Waals surface area contributed by atoms with Crippen LogP contribution in [0.25, 0.3) is 5.65 Å². The van der Waals surface area contributed by atoms with E-state index in [9.17, 15) is 8.42 Å². The second-order valence-corrected chi connectivity index (χ2v) is 8.88. The van der Waals surface area contributed by atoms with E-state index in [1.54, 1.807) is 35.1 Å². The molecular formula is C20H23N3O3S. The molecule has 0 aliphatic heterocycles. The lowest BCUT2D eigenvalue weighted by Crippen LogP contribution is -2.24. The first-order valence-electron chi connectivity index (χ1n) is 9.22. The number of fused-ring (bicyclic) bond motifs is 1. The van der Waals surface area contributed by atoms with Crippen LogP contribution in [0.3, 0.4) is 0 Å². The number of hydrogen-bond donors (Lipinski definition) is 0. The Morgan fingerprint density at radius 3 is 2.48 bits per heavy atom. The Hall–Kier alpha value is -2.25. The number of hydrogen-bond acceptors (Lipinski definition) is 5. The summed E-state index contributed by atoms with van der Waals surface area (Å²) in [5, 5.41) is 4.22. The van der Waals surface area contributed by atoms with E-state index in [1.807, 2.05) is 19.2 Å². The van der Waals surface area contributed by atoms with Gasteiger partial charge in [-0.1, -0.05) is 17.7 Å². The average Bonchev–Trinajstić information content (AvgIpc) is 3.09. The number of rotatable bonds is 4. The summed E-state index contributed by atoms with van der Waals surface area (Å²) in [5.74, 6) is 0.389. The molecule has 0 saturated heterocycles. The Kier molecular flexibility index (Phi) is 4.74. The number of aromatic nitrogens is 3. The standard InChI is InChI=1S/C20H23N3O3S/c1-14-3-9-18(10-4-14)27(24,25)26-17-7-5-16(6-8-17)19-12-23-20(11-15(19)2)21-13-22-23/h3-4,9-13,16-17H,5-8H2,1-2H3. The molecule has 7 heteroatoms. The van der Waals surface area contributed by atoms with Crippen LogP contribution in [-0.2, 0) is 14.3 Å². The number of pyridine rings is 1. The third-order valence-corrected chi connectivity index (χ3v) is 6.72. The van der Waals surface area contributed by atoms with Gasteiger partial charge in [-0.05, 0) is 74.8 Å². The topological polar surface area (TPSA) is 73.6 Å². The quantitative estimate of drug-likeness (QED) is 0.639. The Balaban J connectivity index is 1.44. The van der Waals surface area contributed by atoms with Crippen LogP contribution in [0.5, 0.6) is 0 Å². The lowest BCUT2D eigenvalue weighted by molar-refractivity contribution is 0.153. The van der Waals surface area contributed by atoms with Crippen LogP contribution < -0.4 is 0 Å². The van der Waals surface area contributed by atoms with Crippen LogP contribution in [0.2, 0.25) is 0 Å². The van der Waals surface area contributed by atoms with E-state index < -0.39 is 10.1 Å². The van der Waals surface area contributed by atoms with E-state index in [4.69, 9.17) is 4.18 Å². The Morgan fingerprint density at radius 2 is 1.78 bits per heavy atom. The maximum Gasteiger partial charge on any atom is 0.297 e. The second-order valence-electron chi connectivity index (χ2n) is 7.31. The molecule has 4 rings (SSSR count). The maximum absolute atomic E-state index is 12.5. The molecular weight excluding hydrogens is 362 g/mol. The van der Waals surface area contributed by atoms with Crippen LogP contribution in [-0.4, -0.2) is 29.1 Å². The van der Waals surface area contributed by atoms with Crippen molar-refractivity contribution in [2.24, 2.45) is 0 Å². The summed E-state index contributed by atoms with van der Waals surface area (Å²) in [6.07, 6.45) is 6.59. The molecule has 0 radical (unpaired) electrons. The summed E-state index contributed by atoms with van der Waals surface area (Å²) in [5.41, 5.74) is 4.33. The van der Waals surface area contributed by atoms with Crippen molar-refractivity contribution in [3.63, 3.8) is 0 Å². The van der Waals surface area contributed by atoms with E-state index in [-0.39, 0.29) is 11.0 Å². The van der Waals surface area contributed by atoms with Gasteiger partial charge in [0.25, 0.3) is 10.1 Å². The van der Waals surface area contributed by atoms with Crippen molar-refractivity contribution in [3.8, 4) is 0 Å². The van der Waals surface area contributed by atoms with Crippen LogP contribution in [0.15, 0.2) is 47.8 Å². The van der Waals surface area contributed by atoms with Crippen LogP contribution in [0, 0.1) is 13.8 Å². The van der Waals surface area contributed by atoms with E-state index in [0.29, 0.717) is 5.92 Å². The van der Waals surface area contributed by atoms with E-state index >= 15 is 0 Å². The first-order chi connectivity index (χ1) is 12.9. The molecule has 1 aliphatic carbocycles. The van der Waals surface area contributed by atoms with E-state index in [0.717, 1.165) is 36.9 Å². The third kappa shape index (κ3) is 3.75. The minimum Gasteiger partial charge on any atom is -0.263 e. The Labute approximate surface area is 159 Å². The van der Waals surface area contributed by atoms with Crippen molar-refractivity contribution in [3.05, 3.63) is 59.5 Å². The van der Waals surface area contributed by atoms with Gasteiger partial charge in [-0.3, -0.25) is 4.18 Å². The lowest BCUT2D eigenvalue weighted by atomic mass is 9.82. The summed E-state index contributed by atoms with van der Waals surface area (Å²) >= 11 is 0. The molecule has 2 aromatic heterocycles. The molecule has 0 atom stereocenters. The molecule has 1 saturated carbocycles. The van der Waals surface area contributed by atoms with Gasteiger partial charge in [0.2, 0.25) is 0 Å². The molecule has 6 nitrogen and oxygen atoms in total. The smallest absolute Gasteiger partial charge is 0.263 e. The molecule has 142 valence electrons. The van der Waals surface area contributed by atoms with Gasteiger partial charge in [0.1, 0.15) is 6.33 Å². The van der Waals surface area contributed by atoms with Crippen LogP contribution in [0.4, 0.5) is 0 Å².